The quantitative estimate of drug-likeness (QED) is 0.463. The number of benzene rings is 2. The Kier molecular flexibility index (Phi) is 5.65. The number of primary amides is 1. The molecule has 0 aromatic heterocycles. The molecule has 2 aromatic carbocycles. The van der Waals surface area contributed by atoms with Crippen molar-refractivity contribution in [1.82, 2.24) is 0 Å². The van der Waals surface area contributed by atoms with Crippen LogP contribution in [0, 0.1) is 21.7 Å². The van der Waals surface area contributed by atoms with Gasteiger partial charge in [-0.1, -0.05) is 0 Å². The van der Waals surface area contributed by atoms with Gasteiger partial charge in [-0.05, 0) is 24.3 Å². The van der Waals surface area contributed by atoms with Gasteiger partial charge in [-0.3, -0.25) is 19.7 Å². The normalized spacial score (nSPS) is 10.3. The molecule has 0 aliphatic carbocycles. The van der Waals surface area contributed by atoms with Crippen LogP contribution in [0.1, 0.15) is 10.4 Å². The molecular weight excluding hydrogens is 356 g/mol. The number of halogens is 2. The van der Waals surface area contributed by atoms with E-state index >= 15 is 0 Å². The first-order valence-corrected chi connectivity index (χ1v) is 7.72. The summed E-state index contributed by atoms with van der Waals surface area (Å²) in [5, 5.41) is 13.4. The van der Waals surface area contributed by atoms with Gasteiger partial charge in [0.25, 0.3) is 5.69 Å². The topological polar surface area (TPSA) is 115 Å². The summed E-state index contributed by atoms with van der Waals surface area (Å²) in [6.45, 7) is 0. The molecule has 0 saturated carbocycles. The van der Waals surface area contributed by atoms with E-state index < -0.39 is 28.4 Å². The second kappa shape index (κ2) is 7.71. The third kappa shape index (κ3) is 4.73. The molecule has 0 fully saturated rings. The highest BCUT2D eigenvalue weighted by Gasteiger charge is 2.18. The lowest BCUT2D eigenvalue weighted by atomic mass is 10.2. The zero-order valence-corrected chi connectivity index (χ0v) is 13.3. The monoisotopic (exact) mass is 367 g/mol. The van der Waals surface area contributed by atoms with E-state index in [1.807, 2.05) is 0 Å². The maximum atomic E-state index is 13.1. The first kappa shape index (κ1) is 18.3. The SMILES string of the molecule is NC(=O)c1ccc(SCC(=O)Nc2ccc(F)c(F)c2)c([N+](=O)[O-])c1. The van der Waals surface area contributed by atoms with E-state index in [4.69, 9.17) is 5.73 Å². The molecule has 0 saturated heterocycles. The fraction of sp³-hybridized carbons (Fsp3) is 0.0667. The van der Waals surface area contributed by atoms with Gasteiger partial charge in [0.05, 0.1) is 15.6 Å². The first-order valence-electron chi connectivity index (χ1n) is 6.74. The van der Waals surface area contributed by atoms with Crippen LogP contribution in [0.3, 0.4) is 0 Å². The number of hydrogen-bond donors (Lipinski definition) is 2. The number of rotatable bonds is 6. The second-order valence-corrected chi connectivity index (χ2v) is 5.79. The summed E-state index contributed by atoms with van der Waals surface area (Å²) >= 11 is 0.857. The van der Waals surface area contributed by atoms with Crippen molar-refractivity contribution in [2.75, 3.05) is 11.1 Å². The lowest BCUT2D eigenvalue weighted by molar-refractivity contribution is -0.387. The lowest BCUT2D eigenvalue weighted by Gasteiger charge is -2.06. The number of anilines is 1. The Morgan fingerprint density at radius 1 is 1.16 bits per heavy atom. The number of nitrogens with zero attached hydrogens (tertiary/aromatic N) is 1. The summed E-state index contributed by atoms with van der Waals surface area (Å²) in [6.07, 6.45) is 0. The van der Waals surface area contributed by atoms with E-state index in [1.54, 1.807) is 0 Å². The van der Waals surface area contributed by atoms with Crippen molar-refractivity contribution in [2.24, 2.45) is 5.73 Å². The third-order valence-electron chi connectivity index (χ3n) is 3.00. The summed E-state index contributed by atoms with van der Waals surface area (Å²) in [5.74, 6) is -3.74. The summed E-state index contributed by atoms with van der Waals surface area (Å²) in [7, 11) is 0. The number of thioether (sulfide) groups is 1. The van der Waals surface area contributed by atoms with Gasteiger partial charge in [0.15, 0.2) is 11.6 Å². The van der Waals surface area contributed by atoms with Gasteiger partial charge in [0.1, 0.15) is 0 Å². The van der Waals surface area contributed by atoms with Crippen molar-refractivity contribution in [2.45, 2.75) is 4.90 Å². The third-order valence-corrected chi connectivity index (χ3v) is 4.07. The number of amides is 2. The smallest absolute Gasteiger partial charge is 0.283 e. The van der Waals surface area contributed by atoms with Crippen LogP contribution >= 0.6 is 11.8 Å². The van der Waals surface area contributed by atoms with E-state index in [0.717, 1.165) is 30.0 Å². The van der Waals surface area contributed by atoms with Crippen LogP contribution in [-0.4, -0.2) is 22.5 Å². The van der Waals surface area contributed by atoms with Crippen LogP contribution < -0.4 is 11.1 Å². The molecule has 130 valence electrons. The molecule has 2 amide bonds. The Hall–Kier alpha value is -3.01. The van der Waals surface area contributed by atoms with E-state index in [-0.39, 0.29) is 27.6 Å². The van der Waals surface area contributed by atoms with Crippen LogP contribution in [0.4, 0.5) is 20.2 Å². The molecule has 0 aliphatic rings. The van der Waals surface area contributed by atoms with E-state index in [9.17, 15) is 28.5 Å². The number of nitro benzene ring substituents is 1. The highest BCUT2D eigenvalue weighted by Crippen LogP contribution is 2.30. The number of hydrogen-bond acceptors (Lipinski definition) is 5. The van der Waals surface area contributed by atoms with Crippen LogP contribution in [0.5, 0.6) is 0 Å². The maximum absolute atomic E-state index is 13.1. The molecule has 3 N–H and O–H groups in total. The standard InChI is InChI=1S/C15H11F2N3O4S/c16-10-3-2-9(6-11(10)17)19-14(21)7-25-13-4-1-8(15(18)22)5-12(13)20(23)24/h1-6H,7H2,(H2,18,22)(H,19,21). The summed E-state index contributed by atoms with van der Waals surface area (Å²) < 4.78 is 25.9. The fourth-order valence-electron chi connectivity index (χ4n) is 1.85. The Bertz CT molecular complexity index is 861. The zero-order chi connectivity index (χ0) is 18.6. The van der Waals surface area contributed by atoms with Crippen LogP contribution in [0.15, 0.2) is 41.3 Å². The van der Waals surface area contributed by atoms with Crippen molar-refractivity contribution in [3.63, 3.8) is 0 Å². The summed E-state index contributed by atoms with van der Waals surface area (Å²) in [5.41, 5.74) is 4.75. The molecule has 0 atom stereocenters. The molecule has 0 bridgehead atoms. The number of carbonyl (C=O) groups is 2. The maximum Gasteiger partial charge on any atom is 0.283 e. The van der Waals surface area contributed by atoms with Gasteiger partial charge in [0.2, 0.25) is 11.8 Å². The number of nitro groups is 1. The van der Waals surface area contributed by atoms with Gasteiger partial charge < -0.3 is 11.1 Å². The molecule has 0 aliphatic heterocycles. The number of nitrogens with two attached hydrogens (primary N) is 1. The minimum Gasteiger partial charge on any atom is -0.366 e. The van der Waals surface area contributed by atoms with Gasteiger partial charge in [-0.2, -0.15) is 0 Å². The molecule has 7 nitrogen and oxygen atoms in total. The highest BCUT2D eigenvalue weighted by atomic mass is 32.2. The molecule has 25 heavy (non-hydrogen) atoms. The molecule has 0 heterocycles. The molecular formula is C15H11F2N3O4S. The van der Waals surface area contributed by atoms with Crippen LogP contribution in [-0.2, 0) is 4.79 Å². The van der Waals surface area contributed by atoms with Crippen molar-refractivity contribution < 1.29 is 23.3 Å². The average molecular weight is 367 g/mol. The molecule has 0 spiro atoms. The minimum absolute atomic E-state index is 0.0257. The van der Waals surface area contributed by atoms with E-state index in [1.165, 1.54) is 18.2 Å². The van der Waals surface area contributed by atoms with Crippen molar-refractivity contribution in [3.05, 3.63) is 63.7 Å². The van der Waals surface area contributed by atoms with Crippen LogP contribution in [0.25, 0.3) is 0 Å². The predicted molar refractivity (Wildman–Crippen MR) is 87.3 cm³/mol. The van der Waals surface area contributed by atoms with E-state index in [2.05, 4.69) is 5.32 Å². The number of nitrogens with one attached hydrogen (secondary N) is 1. The zero-order valence-electron chi connectivity index (χ0n) is 12.5. The van der Waals surface area contributed by atoms with Crippen molar-refractivity contribution in [1.29, 1.82) is 0 Å². The lowest BCUT2D eigenvalue weighted by Crippen LogP contribution is -2.14. The van der Waals surface area contributed by atoms with E-state index in [0.29, 0.717) is 0 Å². The van der Waals surface area contributed by atoms with Crippen LogP contribution in [0.2, 0.25) is 0 Å². The van der Waals surface area contributed by atoms with Crippen molar-refractivity contribution >= 4 is 35.0 Å². The minimum atomic E-state index is -1.11. The second-order valence-electron chi connectivity index (χ2n) is 4.77. The summed E-state index contributed by atoms with van der Waals surface area (Å²) in [6, 6.07) is 6.52. The molecule has 0 unspecified atom stereocenters. The Labute approximate surface area is 144 Å². The number of carbonyl (C=O) groups excluding carboxylic acids is 2. The Balaban J connectivity index is 2.07. The Morgan fingerprint density at radius 3 is 2.48 bits per heavy atom. The van der Waals surface area contributed by atoms with Gasteiger partial charge >= 0.3 is 0 Å². The van der Waals surface area contributed by atoms with Gasteiger partial charge in [0, 0.05) is 23.4 Å². The fourth-order valence-corrected chi connectivity index (χ4v) is 2.65. The molecule has 2 aromatic rings. The highest BCUT2D eigenvalue weighted by molar-refractivity contribution is 8.00. The largest absolute Gasteiger partial charge is 0.366 e. The molecule has 10 heteroatoms. The Morgan fingerprint density at radius 2 is 1.88 bits per heavy atom. The predicted octanol–water partition coefficient (Wildman–Crippen LogP) is 2.70. The average Bonchev–Trinajstić information content (AvgIpc) is 2.56. The molecule has 2 rings (SSSR count). The summed E-state index contributed by atoms with van der Waals surface area (Å²) in [4.78, 5) is 33.5. The van der Waals surface area contributed by atoms with Gasteiger partial charge in [-0.25, -0.2) is 8.78 Å². The van der Waals surface area contributed by atoms with Gasteiger partial charge in [-0.15, -0.1) is 11.8 Å². The van der Waals surface area contributed by atoms with Crippen molar-refractivity contribution in [3.8, 4) is 0 Å². The molecule has 0 radical (unpaired) electrons. The first-order chi connectivity index (χ1) is 11.8.